The SMILES string of the molecule is Cc1c(C(=O)O)ccc2c1N[C@@H](c1ccc(OCc3ccccc3Cl)cc1)[C@H]1CC=C[C@@H]21. The minimum Gasteiger partial charge on any atom is -0.489 e. The third kappa shape index (κ3) is 3.65. The molecule has 3 atom stereocenters. The summed E-state index contributed by atoms with van der Waals surface area (Å²) in [5, 5.41) is 13.9. The van der Waals surface area contributed by atoms with E-state index in [1.807, 2.05) is 49.4 Å². The van der Waals surface area contributed by atoms with Gasteiger partial charge in [-0.05, 0) is 60.2 Å². The fourth-order valence-electron chi connectivity index (χ4n) is 4.92. The van der Waals surface area contributed by atoms with Gasteiger partial charge in [0.05, 0.1) is 11.6 Å². The highest BCUT2D eigenvalue weighted by Crippen LogP contribution is 2.51. The van der Waals surface area contributed by atoms with E-state index in [9.17, 15) is 9.90 Å². The number of halogens is 1. The van der Waals surface area contributed by atoms with Crippen LogP contribution in [0.2, 0.25) is 5.02 Å². The molecule has 1 aliphatic heterocycles. The van der Waals surface area contributed by atoms with Gasteiger partial charge in [-0.2, -0.15) is 0 Å². The first-order chi connectivity index (χ1) is 15.5. The maximum Gasteiger partial charge on any atom is 0.336 e. The third-order valence-electron chi connectivity index (χ3n) is 6.62. The molecule has 0 saturated carbocycles. The maximum absolute atomic E-state index is 11.6. The summed E-state index contributed by atoms with van der Waals surface area (Å²) in [5.41, 5.74) is 5.38. The lowest BCUT2D eigenvalue weighted by Gasteiger charge is -2.38. The molecule has 0 saturated heterocycles. The summed E-state index contributed by atoms with van der Waals surface area (Å²) >= 11 is 6.22. The molecular weight excluding hydrogens is 422 g/mol. The fraction of sp³-hybridized carbons (Fsp3) is 0.222. The summed E-state index contributed by atoms with van der Waals surface area (Å²) in [6.07, 6.45) is 5.49. The van der Waals surface area contributed by atoms with E-state index in [4.69, 9.17) is 16.3 Å². The van der Waals surface area contributed by atoms with E-state index < -0.39 is 5.97 Å². The lowest BCUT2D eigenvalue weighted by Crippen LogP contribution is -2.30. The summed E-state index contributed by atoms with van der Waals surface area (Å²) in [5.74, 6) is 0.574. The highest BCUT2D eigenvalue weighted by atomic mass is 35.5. The van der Waals surface area contributed by atoms with Gasteiger partial charge in [0, 0.05) is 22.2 Å². The molecule has 2 N–H and O–H groups in total. The van der Waals surface area contributed by atoms with Gasteiger partial charge in [-0.15, -0.1) is 0 Å². The number of ether oxygens (including phenoxy) is 1. The second-order valence-corrected chi connectivity index (χ2v) is 8.84. The van der Waals surface area contributed by atoms with Crippen molar-refractivity contribution in [1.29, 1.82) is 0 Å². The van der Waals surface area contributed by atoms with Crippen LogP contribution in [-0.4, -0.2) is 11.1 Å². The molecule has 0 bridgehead atoms. The summed E-state index contributed by atoms with van der Waals surface area (Å²) in [6.45, 7) is 2.30. The average Bonchev–Trinajstić information content (AvgIpc) is 3.29. The van der Waals surface area contributed by atoms with Crippen LogP contribution in [0.4, 0.5) is 5.69 Å². The molecule has 0 unspecified atom stereocenters. The highest BCUT2D eigenvalue weighted by Gasteiger charge is 2.38. The highest BCUT2D eigenvalue weighted by molar-refractivity contribution is 6.31. The molecule has 5 rings (SSSR count). The monoisotopic (exact) mass is 445 g/mol. The van der Waals surface area contributed by atoms with Gasteiger partial charge in [0.25, 0.3) is 0 Å². The molecule has 1 heterocycles. The minimum atomic E-state index is -0.896. The molecule has 3 aromatic rings. The van der Waals surface area contributed by atoms with Crippen LogP contribution in [0.3, 0.4) is 0 Å². The summed E-state index contributed by atoms with van der Waals surface area (Å²) in [6, 6.07) is 19.6. The van der Waals surface area contributed by atoms with Crippen molar-refractivity contribution in [2.24, 2.45) is 5.92 Å². The van der Waals surface area contributed by atoms with Gasteiger partial charge in [-0.25, -0.2) is 4.79 Å². The van der Waals surface area contributed by atoms with E-state index in [0.29, 0.717) is 23.1 Å². The number of fused-ring (bicyclic) bond motifs is 3. The Bertz CT molecular complexity index is 1200. The molecule has 32 heavy (non-hydrogen) atoms. The van der Waals surface area contributed by atoms with Crippen molar-refractivity contribution >= 4 is 23.3 Å². The van der Waals surface area contributed by atoms with Crippen molar-refractivity contribution in [2.75, 3.05) is 5.32 Å². The quantitative estimate of drug-likeness (QED) is 0.426. The van der Waals surface area contributed by atoms with Crippen molar-refractivity contribution in [3.8, 4) is 5.75 Å². The lowest BCUT2D eigenvalue weighted by molar-refractivity contribution is 0.0696. The van der Waals surface area contributed by atoms with Crippen LogP contribution in [-0.2, 0) is 6.61 Å². The second-order valence-electron chi connectivity index (χ2n) is 8.43. The molecule has 0 aromatic heterocycles. The largest absolute Gasteiger partial charge is 0.489 e. The zero-order chi connectivity index (χ0) is 22.2. The Kier molecular flexibility index (Phi) is 5.40. The average molecular weight is 446 g/mol. The Morgan fingerprint density at radius 3 is 2.66 bits per heavy atom. The first-order valence-corrected chi connectivity index (χ1v) is 11.2. The molecule has 0 radical (unpaired) electrons. The van der Waals surface area contributed by atoms with Gasteiger partial charge in [0.1, 0.15) is 12.4 Å². The Morgan fingerprint density at radius 2 is 1.91 bits per heavy atom. The van der Waals surface area contributed by atoms with Crippen LogP contribution in [0.15, 0.2) is 72.8 Å². The Labute approximate surface area is 192 Å². The van der Waals surface area contributed by atoms with Crippen LogP contribution in [0, 0.1) is 12.8 Å². The van der Waals surface area contributed by atoms with Crippen molar-refractivity contribution in [3.63, 3.8) is 0 Å². The minimum absolute atomic E-state index is 0.0999. The zero-order valence-corrected chi connectivity index (χ0v) is 18.5. The molecule has 1 aliphatic carbocycles. The molecule has 4 nitrogen and oxygen atoms in total. The van der Waals surface area contributed by atoms with Gasteiger partial charge in [0.2, 0.25) is 0 Å². The van der Waals surface area contributed by atoms with E-state index in [0.717, 1.165) is 29.0 Å². The van der Waals surface area contributed by atoms with Crippen molar-refractivity contribution in [1.82, 2.24) is 0 Å². The molecule has 2 aliphatic rings. The molecule has 0 amide bonds. The van der Waals surface area contributed by atoms with E-state index in [1.165, 1.54) is 11.1 Å². The van der Waals surface area contributed by atoms with E-state index >= 15 is 0 Å². The van der Waals surface area contributed by atoms with Gasteiger partial charge in [0.15, 0.2) is 0 Å². The first kappa shape index (κ1) is 20.7. The number of rotatable bonds is 5. The zero-order valence-electron chi connectivity index (χ0n) is 17.7. The number of hydrogen-bond acceptors (Lipinski definition) is 3. The smallest absolute Gasteiger partial charge is 0.336 e. The molecular formula is C27H24ClNO3. The Morgan fingerprint density at radius 1 is 1.12 bits per heavy atom. The third-order valence-corrected chi connectivity index (χ3v) is 6.99. The van der Waals surface area contributed by atoms with Crippen LogP contribution in [0.5, 0.6) is 5.75 Å². The number of carbonyl (C=O) groups is 1. The van der Waals surface area contributed by atoms with Gasteiger partial charge in [-0.1, -0.05) is 60.2 Å². The second kappa shape index (κ2) is 8.36. The molecule has 3 aromatic carbocycles. The summed E-state index contributed by atoms with van der Waals surface area (Å²) < 4.78 is 5.94. The number of nitrogens with one attached hydrogen (secondary N) is 1. The van der Waals surface area contributed by atoms with Crippen molar-refractivity contribution in [2.45, 2.75) is 31.9 Å². The topological polar surface area (TPSA) is 58.6 Å². The fourth-order valence-corrected chi connectivity index (χ4v) is 5.11. The predicted octanol–water partition coefficient (Wildman–Crippen LogP) is 6.75. The molecule has 0 fully saturated rings. The number of hydrogen-bond donors (Lipinski definition) is 2. The van der Waals surface area contributed by atoms with Crippen molar-refractivity contribution < 1.29 is 14.6 Å². The number of allylic oxidation sites excluding steroid dienone is 2. The number of aromatic carboxylic acids is 1. The molecule has 162 valence electrons. The number of anilines is 1. The predicted molar refractivity (Wildman–Crippen MR) is 127 cm³/mol. The summed E-state index contributed by atoms with van der Waals surface area (Å²) in [4.78, 5) is 11.6. The number of benzene rings is 3. The summed E-state index contributed by atoms with van der Waals surface area (Å²) in [7, 11) is 0. The van der Waals surface area contributed by atoms with Gasteiger partial charge < -0.3 is 15.2 Å². The normalized spacial score (nSPS) is 20.9. The number of carboxylic acid groups (broad SMARTS) is 1. The van der Waals surface area contributed by atoms with Crippen LogP contribution >= 0.6 is 11.6 Å². The Balaban J connectivity index is 1.40. The van der Waals surface area contributed by atoms with Gasteiger partial charge in [-0.3, -0.25) is 0 Å². The molecule has 5 heteroatoms. The van der Waals surface area contributed by atoms with Crippen LogP contribution in [0.25, 0.3) is 0 Å². The van der Waals surface area contributed by atoms with Crippen LogP contribution in [0.1, 0.15) is 51.0 Å². The standard InChI is InChI=1S/C27H24ClNO3/c1-16-20(27(30)31)13-14-23-21-6-4-7-22(21)26(29-25(16)23)17-9-11-19(12-10-17)32-15-18-5-2-3-8-24(18)28/h2-6,8-14,21-22,26,29H,7,15H2,1H3,(H,30,31)/t21-,22+,26+/m1/s1. The molecule has 0 spiro atoms. The van der Waals surface area contributed by atoms with Crippen molar-refractivity contribution in [3.05, 3.63) is 106 Å². The Hall–Kier alpha value is -3.24. The van der Waals surface area contributed by atoms with E-state index in [2.05, 4.69) is 29.6 Å². The van der Waals surface area contributed by atoms with E-state index in [1.54, 1.807) is 6.07 Å². The van der Waals surface area contributed by atoms with Crippen LogP contribution < -0.4 is 10.1 Å². The van der Waals surface area contributed by atoms with E-state index in [-0.39, 0.29) is 12.0 Å². The van der Waals surface area contributed by atoms with Gasteiger partial charge >= 0.3 is 5.97 Å². The maximum atomic E-state index is 11.6. The lowest BCUT2D eigenvalue weighted by atomic mass is 9.76. The number of carboxylic acids is 1. The first-order valence-electron chi connectivity index (χ1n) is 10.8.